The summed E-state index contributed by atoms with van der Waals surface area (Å²) in [6, 6.07) is 7.51. The number of hydrogen-bond donors (Lipinski definition) is 6. The summed E-state index contributed by atoms with van der Waals surface area (Å²) in [5.41, 5.74) is 1.07. The van der Waals surface area contributed by atoms with Crippen molar-refractivity contribution in [3.05, 3.63) is 34.9 Å². The van der Waals surface area contributed by atoms with E-state index in [-0.39, 0.29) is 112 Å². The van der Waals surface area contributed by atoms with Gasteiger partial charge >= 0.3 is 23.9 Å². The molecule has 0 spiro atoms. The standard InChI is InChI=1S/C17H31NO3.C16H29NO3.C11H12ClNO2.C7H11NO3.C6H9NO3.C5H9NO2.C4H7NO2.H3P/c1-3-4-5-6-7-8-9-10-11-12-17(20)21-15-13-16(19)18(2)14-15;1-2-3-4-5-6-7-8-9-10-11-16(19)20-14-12-15(18)17-13-14;12-9-3-1-8(2-4-9)7-15-10-5-11(14)13-6-10;1-5(9)11-6-3-7(10)8(2)4-6;1-4(8)10-5-2-6(9)7-3-5;1-6-3-4(7)2-5(6)8;6-3-1-4(7)5-2-3;/h15H,3-14H2,1-2H3;14H,2-13H2,1H3,(H,17,18);1-4,10H,5-7H2,(H,13,14);6H,3-4H2,1-2H3;5H,2-3H2,1H3,(H,7,9);4,7H,2-3H2,1H3;3,6H,1-2H2,(H,5,7);1H3/t15-;14-;10-;6-;5-;4-;3-;/m1111111./s1. The monoisotopic (exact) mass is 1360 g/mol. The molecule has 25 nitrogen and oxygen atoms in total. The van der Waals surface area contributed by atoms with Crippen LogP contribution in [0.2, 0.25) is 5.02 Å². The Morgan fingerprint density at radius 1 is 0.441 bits per heavy atom. The zero-order valence-corrected chi connectivity index (χ0v) is 58.6. The van der Waals surface area contributed by atoms with Gasteiger partial charge in [0.05, 0.1) is 96.0 Å². The Balaban J connectivity index is 0.000000558. The first-order valence-corrected chi connectivity index (χ1v) is 33.5. The van der Waals surface area contributed by atoms with Crippen LogP contribution in [0.5, 0.6) is 0 Å². The minimum Gasteiger partial charge on any atom is -0.460 e. The van der Waals surface area contributed by atoms with Gasteiger partial charge in [0, 0.05) is 72.5 Å². The number of hydrogen-bond acceptors (Lipinski definition) is 18. The van der Waals surface area contributed by atoms with Crippen molar-refractivity contribution in [1.29, 1.82) is 0 Å². The topological polar surface area (TPSA) is 332 Å². The number of unbranched alkanes of at least 4 members (excludes halogenated alkanes) is 16. The van der Waals surface area contributed by atoms with E-state index in [9.17, 15) is 52.7 Å². The Kier molecular flexibility index (Phi) is 46.1. The number of likely N-dealkylation sites (N-methyl/N-ethyl adjacent to an activating group) is 3. The Labute approximate surface area is 559 Å². The van der Waals surface area contributed by atoms with Crippen molar-refractivity contribution < 1.29 is 86.6 Å². The summed E-state index contributed by atoms with van der Waals surface area (Å²) in [6.07, 6.45) is 23.9. The van der Waals surface area contributed by atoms with Gasteiger partial charge in [-0.2, -0.15) is 9.90 Å². The summed E-state index contributed by atoms with van der Waals surface area (Å²) < 4.78 is 25.7. The molecule has 93 heavy (non-hydrogen) atoms. The minimum atomic E-state index is -0.438. The Morgan fingerprint density at radius 3 is 1.10 bits per heavy atom. The lowest BCUT2D eigenvalue weighted by Gasteiger charge is -2.11. The third-order valence-electron chi connectivity index (χ3n) is 15.3. The Morgan fingerprint density at radius 2 is 0.785 bits per heavy atom. The lowest BCUT2D eigenvalue weighted by Crippen LogP contribution is -2.23. The lowest BCUT2D eigenvalue weighted by molar-refractivity contribution is -0.149. The second kappa shape index (κ2) is 50.4. The quantitative estimate of drug-likeness (QED) is 0.0250. The first-order valence-electron chi connectivity index (χ1n) is 33.1. The van der Waals surface area contributed by atoms with Gasteiger partial charge in [0.1, 0.15) is 24.4 Å². The van der Waals surface area contributed by atoms with E-state index < -0.39 is 12.2 Å². The van der Waals surface area contributed by atoms with Gasteiger partial charge in [0.25, 0.3) is 0 Å². The van der Waals surface area contributed by atoms with E-state index in [2.05, 4.69) is 35.1 Å². The number of amides is 7. The van der Waals surface area contributed by atoms with Crippen molar-refractivity contribution in [2.75, 3.05) is 67.0 Å². The van der Waals surface area contributed by atoms with Crippen LogP contribution in [0.15, 0.2) is 24.3 Å². The van der Waals surface area contributed by atoms with Gasteiger partial charge in [0.15, 0.2) is 0 Å². The van der Waals surface area contributed by atoms with E-state index in [1.165, 1.54) is 109 Å². The van der Waals surface area contributed by atoms with E-state index in [1.807, 2.05) is 24.3 Å². The molecule has 7 aliphatic heterocycles. The number of carbonyl (C=O) groups excluding carboxylic acids is 11. The summed E-state index contributed by atoms with van der Waals surface area (Å²) in [4.78, 5) is 124. The molecule has 0 bridgehead atoms. The number of benzene rings is 1. The number of nitrogens with zero attached hydrogens (tertiary/aromatic N) is 3. The summed E-state index contributed by atoms with van der Waals surface area (Å²) in [5, 5.41) is 28.6. The minimum absolute atomic E-state index is 0. The third-order valence-corrected chi connectivity index (χ3v) is 15.6. The maximum atomic E-state index is 11.7. The molecule has 7 heterocycles. The van der Waals surface area contributed by atoms with Gasteiger partial charge in [-0.3, -0.25) is 52.7 Å². The number of rotatable bonds is 27. The maximum absolute atomic E-state index is 11.7. The van der Waals surface area contributed by atoms with Crippen LogP contribution in [-0.2, 0) is 83.0 Å². The van der Waals surface area contributed by atoms with Gasteiger partial charge < -0.3 is 69.9 Å². The molecule has 0 aromatic heterocycles. The highest BCUT2D eigenvalue weighted by Crippen LogP contribution is 2.18. The molecule has 0 aliphatic carbocycles. The third kappa shape index (κ3) is 42.8. The van der Waals surface area contributed by atoms with Crippen LogP contribution in [0.1, 0.15) is 207 Å². The first kappa shape index (κ1) is 85.0. The highest BCUT2D eigenvalue weighted by Gasteiger charge is 2.31. The van der Waals surface area contributed by atoms with Gasteiger partial charge in [-0.15, -0.1) is 0 Å². The molecule has 7 saturated heterocycles. The maximum Gasteiger partial charge on any atom is 0.306 e. The number of aliphatic hydroxyl groups excluding tert-OH is 2. The predicted molar refractivity (Wildman–Crippen MR) is 355 cm³/mol. The molecule has 8 rings (SSSR count). The molecule has 8 atom stereocenters. The van der Waals surface area contributed by atoms with E-state index in [1.54, 1.807) is 30.9 Å². The van der Waals surface area contributed by atoms with Gasteiger partial charge in [0.2, 0.25) is 41.4 Å². The number of nitrogens with one attached hydrogen (secondary N) is 4. The number of halogens is 1. The number of esters is 4. The number of likely N-dealkylation sites (tertiary alicyclic amines) is 3. The highest BCUT2D eigenvalue weighted by atomic mass is 35.5. The van der Waals surface area contributed by atoms with E-state index in [0.29, 0.717) is 104 Å². The fraction of sp³-hybridized carbons (Fsp3) is 0.742. The number of carbonyl (C=O) groups is 11. The van der Waals surface area contributed by atoms with Crippen LogP contribution in [0.4, 0.5) is 0 Å². The Bertz CT molecular complexity index is 2410. The molecule has 530 valence electrons. The van der Waals surface area contributed by atoms with E-state index in [4.69, 9.17) is 45.5 Å². The normalized spacial score (nSPS) is 21.5. The van der Waals surface area contributed by atoms with Crippen LogP contribution in [0, 0.1) is 0 Å². The van der Waals surface area contributed by atoms with Crippen LogP contribution < -0.4 is 21.3 Å². The zero-order valence-electron chi connectivity index (χ0n) is 56.5. The fourth-order valence-corrected chi connectivity index (χ4v) is 10.3. The van der Waals surface area contributed by atoms with Gasteiger partial charge in [-0.1, -0.05) is 140 Å². The van der Waals surface area contributed by atoms with E-state index in [0.717, 1.165) is 36.3 Å². The summed E-state index contributed by atoms with van der Waals surface area (Å²) >= 11 is 5.76. The molecule has 7 aliphatic rings. The lowest BCUT2D eigenvalue weighted by atomic mass is 10.1. The van der Waals surface area contributed by atoms with Gasteiger partial charge in [-0.25, -0.2) is 0 Å². The molecule has 1 aromatic carbocycles. The largest absolute Gasteiger partial charge is 0.460 e. The smallest absolute Gasteiger partial charge is 0.306 e. The molecule has 0 saturated carbocycles. The number of β-amino-alcohol motifs (C(OH)–C–C–N with tert-alkyl or cyclic N) is 2. The molecule has 7 fully saturated rings. The second-order valence-corrected chi connectivity index (χ2v) is 24.6. The average molecular weight is 1360 g/mol. The summed E-state index contributed by atoms with van der Waals surface area (Å²) in [6.45, 7) is 11.2. The summed E-state index contributed by atoms with van der Waals surface area (Å²) in [7, 11) is 5.14. The molecule has 7 amide bonds. The van der Waals surface area contributed by atoms with Crippen molar-refractivity contribution in [3.63, 3.8) is 0 Å². The average Bonchev–Trinajstić information content (AvgIpc) is 2.99. The molecule has 1 unspecified atom stereocenters. The molecule has 1 aromatic rings. The zero-order chi connectivity index (χ0) is 68.2. The van der Waals surface area contributed by atoms with Crippen molar-refractivity contribution in [2.24, 2.45) is 0 Å². The highest BCUT2D eigenvalue weighted by molar-refractivity contribution is 6.92. The van der Waals surface area contributed by atoms with Crippen LogP contribution >= 0.6 is 21.5 Å². The molecule has 27 heteroatoms. The first-order chi connectivity index (χ1) is 43.8. The molecular weight excluding hydrogens is 1250 g/mol. The van der Waals surface area contributed by atoms with Crippen molar-refractivity contribution >= 4 is 86.7 Å². The van der Waals surface area contributed by atoms with E-state index >= 15 is 0 Å². The predicted octanol–water partition coefficient (Wildman–Crippen LogP) is 6.12. The Hall–Kier alpha value is -6.01. The fourth-order valence-electron chi connectivity index (χ4n) is 10.2. The van der Waals surface area contributed by atoms with Crippen LogP contribution in [-0.4, -0.2) is 200 Å². The van der Waals surface area contributed by atoms with Crippen LogP contribution in [0.25, 0.3) is 0 Å². The van der Waals surface area contributed by atoms with Crippen molar-refractivity contribution in [2.45, 2.75) is 250 Å². The van der Waals surface area contributed by atoms with Gasteiger partial charge in [-0.05, 0) is 30.5 Å². The number of aliphatic hydroxyl groups is 2. The number of ether oxygens (including phenoxy) is 5. The second-order valence-electron chi connectivity index (χ2n) is 24.2. The summed E-state index contributed by atoms with van der Waals surface area (Å²) in [5.74, 6) is -0.870. The van der Waals surface area contributed by atoms with Crippen molar-refractivity contribution in [3.8, 4) is 0 Å². The molecule has 0 radical (unpaired) electrons. The molecular formula is C66H111ClN7O18P. The van der Waals surface area contributed by atoms with Crippen LogP contribution in [0.3, 0.4) is 0 Å². The SMILES string of the molecule is CC(=O)O[C@@H]1CC(=O)N(C)C1.CC(=O)O[C@H]1CNC(=O)C1.CCCCCCCCCCCC(=O)O[C@@H]1CC(=O)N(C)C1.CCCCCCCCCCCC(=O)O[C@H]1CNC(=O)C1.CN1C[C@H](O)CC1=O.O=C1C[C@@H](O)CN1.O=C1C[C@@H](OCc2ccc(Cl)cc2)CN1.P. The molecule has 6 N–H and O–H groups in total. The van der Waals surface area contributed by atoms with Crippen molar-refractivity contribution in [1.82, 2.24) is 36.0 Å².